The van der Waals surface area contributed by atoms with Crippen molar-refractivity contribution >= 4 is 5.97 Å². The lowest BCUT2D eigenvalue weighted by Gasteiger charge is -2.26. The maximum atomic E-state index is 11.0. The molecule has 0 radical (unpaired) electrons. The second-order valence-electron chi connectivity index (χ2n) is 4.41. The van der Waals surface area contributed by atoms with Crippen molar-refractivity contribution in [3.8, 4) is 0 Å². The summed E-state index contributed by atoms with van der Waals surface area (Å²) in [4.78, 5) is 13.5. The first-order valence-corrected chi connectivity index (χ1v) is 6.05. The van der Waals surface area contributed by atoms with Crippen LogP contribution in [0.2, 0.25) is 0 Å². The van der Waals surface area contributed by atoms with E-state index in [1.807, 2.05) is 0 Å². The van der Waals surface area contributed by atoms with Crippen molar-refractivity contribution in [3.05, 3.63) is 0 Å². The molecule has 0 aromatic carbocycles. The van der Waals surface area contributed by atoms with Gasteiger partial charge in [-0.2, -0.15) is 0 Å². The molecule has 0 bridgehead atoms. The van der Waals surface area contributed by atoms with Gasteiger partial charge in [0.25, 0.3) is 0 Å². The Labute approximate surface area is 92.8 Å². The number of methoxy groups -OCH3 is 1. The maximum absolute atomic E-state index is 11.0. The lowest BCUT2D eigenvalue weighted by atomic mass is 10.1. The monoisotopic (exact) mass is 213 g/mol. The Balaban J connectivity index is 2.20. The molecule has 15 heavy (non-hydrogen) atoms. The summed E-state index contributed by atoms with van der Waals surface area (Å²) in [6.07, 6.45) is 6.81. The Morgan fingerprint density at radius 3 is 2.93 bits per heavy atom. The average Bonchev–Trinajstić information content (AvgIpc) is 2.44. The van der Waals surface area contributed by atoms with E-state index in [1.54, 1.807) is 0 Å². The number of ether oxygens (including phenoxy) is 1. The first kappa shape index (κ1) is 12.5. The van der Waals surface area contributed by atoms with E-state index in [-0.39, 0.29) is 5.97 Å². The van der Waals surface area contributed by atoms with Crippen molar-refractivity contribution in [2.24, 2.45) is 0 Å². The Kier molecular flexibility index (Phi) is 5.69. The van der Waals surface area contributed by atoms with Gasteiger partial charge in [-0.15, -0.1) is 0 Å². The number of carbonyl (C=O) groups excluding carboxylic acids is 1. The lowest BCUT2D eigenvalue weighted by Crippen LogP contribution is -2.33. The van der Waals surface area contributed by atoms with Crippen LogP contribution in [-0.4, -0.2) is 37.1 Å². The van der Waals surface area contributed by atoms with E-state index < -0.39 is 0 Å². The van der Waals surface area contributed by atoms with E-state index >= 15 is 0 Å². The molecule has 1 aliphatic rings. The van der Waals surface area contributed by atoms with Gasteiger partial charge in [0.2, 0.25) is 0 Å². The molecule has 88 valence electrons. The summed E-state index contributed by atoms with van der Waals surface area (Å²) in [7, 11) is 1.46. The predicted molar refractivity (Wildman–Crippen MR) is 60.8 cm³/mol. The number of hydrogen-bond donors (Lipinski definition) is 0. The van der Waals surface area contributed by atoms with Crippen LogP contribution in [0.5, 0.6) is 0 Å². The molecule has 0 amide bonds. The van der Waals surface area contributed by atoms with Gasteiger partial charge in [0.1, 0.15) is 0 Å². The van der Waals surface area contributed by atoms with Crippen molar-refractivity contribution in [2.45, 2.75) is 51.5 Å². The molecule has 0 aromatic rings. The highest BCUT2D eigenvalue weighted by molar-refractivity contribution is 5.69. The summed E-state index contributed by atoms with van der Waals surface area (Å²) in [5, 5.41) is 0. The summed E-state index contributed by atoms with van der Waals surface area (Å²) in [5.41, 5.74) is 0. The fourth-order valence-corrected chi connectivity index (χ4v) is 2.20. The van der Waals surface area contributed by atoms with Crippen LogP contribution in [0.15, 0.2) is 0 Å². The summed E-state index contributed by atoms with van der Waals surface area (Å²) in [5.74, 6) is -0.0857. The molecule has 0 N–H and O–H groups in total. The predicted octanol–water partition coefficient (Wildman–Crippen LogP) is 2.20. The third kappa shape index (κ3) is 4.65. The number of nitrogens with zero attached hydrogens (tertiary/aromatic N) is 1. The zero-order chi connectivity index (χ0) is 11.1. The largest absolute Gasteiger partial charge is 0.469 e. The second-order valence-corrected chi connectivity index (χ2v) is 4.41. The minimum absolute atomic E-state index is 0.0857. The standard InChI is InChI=1S/C12H23NO2/c1-11-7-4-3-5-9-13(11)10-6-8-12(14)15-2/h11H,3-10H2,1-2H3. The molecule has 1 heterocycles. The second kappa shape index (κ2) is 6.83. The molecule has 1 unspecified atom stereocenters. The Bertz CT molecular complexity index is 194. The fourth-order valence-electron chi connectivity index (χ4n) is 2.20. The van der Waals surface area contributed by atoms with E-state index in [9.17, 15) is 4.79 Å². The molecule has 1 aliphatic heterocycles. The molecule has 1 atom stereocenters. The summed E-state index contributed by atoms with van der Waals surface area (Å²) in [6, 6.07) is 0.685. The Hall–Kier alpha value is -0.570. The van der Waals surface area contributed by atoms with Crippen LogP contribution in [-0.2, 0) is 9.53 Å². The minimum Gasteiger partial charge on any atom is -0.469 e. The van der Waals surface area contributed by atoms with Gasteiger partial charge >= 0.3 is 5.97 Å². The zero-order valence-electron chi connectivity index (χ0n) is 10.00. The van der Waals surface area contributed by atoms with Gasteiger partial charge in [-0.1, -0.05) is 12.8 Å². The van der Waals surface area contributed by atoms with Gasteiger partial charge in [0, 0.05) is 12.5 Å². The van der Waals surface area contributed by atoms with E-state index in [4.69, 9.17) is 0 Å². The van der Waals surface area contributed by atoms with E-state index in [0.717, 1.165) is 13.0 Å². The number of carbonyl (C=O) groups is 1. The highest BCUT2D eigenvalue weighted by Gasteiger charge is 2.16. The SMILES string of the molecule is COC(=O)CCCN1CCCCCC1C. The highest BCUT2D eigenvalue weighted by atomic mass is 16.5. The van der Waals surface area contributed by atoms with Crippen LogP contribution < -0.4 is 0 Å². The third-order valence-corrected chi connectivity index (χ3v) is 3.24. The van der Waals surface area contributed by atoms with Crippen LogP contribution in [0, 0.1) is 0 Å². The van der Waals surface area contributed by atoms with Crippen molar-refractivity contribution in [1.29, 1.82) is 0 Å². The van der Waals surface area contributed by atoms with Crippen LogP contribution in [0.1, 0.15) is 45.4 Å². The highest BCUT2D eigenvalue weighted by Crippen LogP contribution is 2.16. The number of esters is 1. The number of likely N-dealkylation sites (tertiary alicyclic amines) is 1. The van der Waals surface area contributed by atoms with Gasteiger partial charge in [-0.05, 0) is 39.3 Å². The van der Waals surface area contributed by atoms with E-state index in [0.29, 0.717) is 12.5 Å². The average molecular weight is 213 g/mol. The topological polar surface area (TPSA) is 29.5 Å². The summed E-state index contributed by atoms with van der Waals surface area (Å²) < 4.78 is 4.63. The van der Waals surface area contributed by atoms with Crippen LogP contribution in [0.3, 0.4) is 0 Å². The van der Waals surface area contributed by atoms with Crippen LogP contribution in [0.25, 0.3) is 0 Å². The maximum Gasteiger partial charge on any atom is 0.305 e. The molecule has 3 heteroatoms. The molecule has 1 saturated heterocycles. The van der Waals surface area contributed by atoms with Crippen LogP contribution in [0.4, 0.5) is 0 Å². The molecule has 0 aromatic heterocycles. The molecular formula is C12H23NO2. The lowest BCUT2D eigenvalue weighted by molar-refractivity contribution is -0.140. The minimum atomic E-state index is -0.0857. The van der Waals surface area contributed by atoms with Crippen molar-refractivity contribution in [2.75, 3.05) is 20.2 Å². The first-order valence-electron chi connectivity index (χ1n) is 6.05. The molecular weight excluding hydrogens is 190 g/mol. The van der Waals surface area contributed by atoms with Gasteiger partial charge < -0.3 is 9.64 Å². The van der Waals surface area contributed by atoms with Crippen LogP contribution >= 0.6 is 0 Å². The molecule has 0 aliphatic carbocycles. The number of hydrogen-bond acceptors (Lipinski definition) is 3. The smallest absolute Gasteiger partial charge is 0.305 e. The van der Waals surface area contributed by atoms with Gasteiger partial charge in [0.05, 0.1) is 7.11 Å². The fraction of sp³-hybridized carbons (Fsp3) is 0.917. The summed E-state index contributed by atoms with van der Waals surface area (Å²) >= 11 is 0. The molecule has 0 saturated carbocycles. The molecule has 3 nitrogen and oxygen atoms in total. The van der Waals surface area contributed by atoms with E-state index in [2.05, 4.69) is 16.6 Å². The number of rotatable bonds is 4. The zero-order valence-corrected chi connectivity index (χ0v) is 10.00. The van der Waals surface area contributed by atoms with E-state index in [1.165, 1.54) is 39.3 Å². The quantitative estimate of drug-likeness (QED) is 0.670. The van der Waals surface area contributed by atoms with Gasteiger partial charge in [-0.25, -0.2) is 0 Å². The Morgan fingerprint density at radius 2 is 2.20 bits per heavy atom. The molecule has 1 fully saturated rings. The molecule has 0 spiro atoms. The first-order chi connectivity index (χ1) is 7.24. The van der Waals surface area contributed by atoms with Crippen molar-refractivity contribution < 1.29 is 9.53 Å². The summed E-state index contributed by atoms with van der Waals surface area (Å²) in [6.45, 7) is 4.53. The van der Waals surface area contributed by atoms with Gasteiger partial charge in [0.15, 0.2) is 0 Å². The Morgan fingerprint density at radius 1 is 1.40 bits per heavy atom. The van der Waals surface area contributed by atoms with Crippen molar-refractivity contribution in [3.63, 3.8) is 0 Å². The van der Waals surface area contributed by atoms with Crippen molar-refractivity contribution in [1.82, 2.24) is 4.90 Å². The third-order valence-electron chi connectivity index (χ3n) is 3.24. The normalized spacial score (nSPS) is 23.5. The molecule has 1 rings (SSSR count). The van der Waals surface area contributed by atoms with Gasteiger partial charge in [-0.3, -0.25) is 4.79 Å².